The second-order valence-electron chi connectivity index (χ2n) is 5.05. The first-order valence-electron chi connectivity index (χ1n) is 6.67. The summed E-state index contributed by atoms with van der Waals surface area (Å²) in [6, 6.07) is 0. The standard InChI is InChI=1S/C13H27NOS/c1-3-6-12(11-16)9-14(2)10-13-7-4-5-8-15-13/h12-13,16H,3-11H2,1-2H3. The summed E-state index contributed by atoms with van der Waals surface area (Å²) in [5.41, 5.74) is 0. The van der Waals surface area contributed by atoms with Crippen LogP contribution in [0.4, 0.5) is 0 Å². The molecule has 2 unspecified atom stereocenters. The Balaban J connectivity index is 2.19. The molecule has 0 aromatic heterocycles. The third-order valence-electron chi connectivity index (χ3n) is 3.31. The van der Waals surface area contributed by atoms with Gasteiger partial charge >= 0.3 is 0 Å². The van der Waals surface area contributed by atoms with E-state index in [0.717, 1.165) is 31.4 Å². The molecule has 0 aromatic rings. The molecule has 0 aromatic carbocycles. The van der Waals surface area contributed by atoms with E-state index in [9.17, 15) is 0 Å². The van der Waals surface area contributed by atoms with Gasteiger partial charge in [-0.05, 0) is 44.4 Å². The van der Waals surface area contributed by atoms with Crippen LogP contribution in [0.25, 0.3) is 0 Å². The zero-order valence-electron chi connectivity index (χ0n) is 10.8. The van der Waals surface area contributed by atoms with Gasteiger partial charge in [0.05, 0.1) is 6.10 Å². The number of rotatable bonds is 7. The lowest BCUT2D eigenvalue weighted by atomic mass is 10.0. The zero-order chi connectivity index (χ0) is 11.8. The molecule has 1 saturated heterocycles. The number of likely N-dealkylation sites (N-methyl/N-ethyl adjacent to an activating group) is 1. The van der Waals surface area contributed by atoms with E-state index in [0.29, 0.717) is 6.10 Å². The zero-order valence-corrected chi connectivity index (χ0v) is 11.7. The van der Waals surface area contributed by atoms with Crippen LogP contribution < -0.4 is 0 Å². The second-order valence-corrected chi connectivity index (χ2v) is 5.41. The van der Waals surface area contributed by atoms with Crippen LogP contribution in [-0.2, 0) is 4.74 Å². The van der Waals surface area contributed by atoms with Gasteiger partial charge in [0.1, 0.15) is 0 Å². The quantitative estimate of drug-likeness (QED) is 0.693. The van der Waals surface area contributed by atoms with Crippen molar-refractivity contribution in [2.75, 3.05) is 32.5 Å². The topological polar surface area (TPSA) is 12.5 Å². The van der Waals surface area contributed by atoms with Gasteiger partial charge in [-0.3, -0.25) is 0 Å². The van der Waals surface area contributed by atoms with Gasteiger partial charge in [0.25, 0.3) is 0 Å². The third kappa shape index (κ3) is 5.55. The van der Waals surface area contributed by atoms with Crippen LogP contribution in [0.1, 0.15) is 39.0 Å². The molecule has 0 N–H and O–H groups in total. The molecule has 0 bridgehead atoms. The molecule has 0 radical (unpaired) electrons. The van der Waals surface area contributed by atoms with Crippen molar-refractivity contribution >= 4 is 12.6 Å². The Morgan fingerprint density at radius 2 is 2.25 bits per heavy atom. The van der Waals surface area contributed by atoms with Crippen LogP contribution in [0.5, 0.6) is 0 Å². The molecular weight excluding hydrogens is 218 g/mol. The summed E-state index contributed by atoms with van der Waals surface area (Å²) in [7, 11) is 2.21. The maximum absolute atomic E-state index is 5.76. The van der Waals surface area contributed by atoms with Gasteiger partial charge in [0.15, 0.2) is 0 Å². The van der Waals surface area contributed by atoms with Crippen LogP contribution in [0.3, 0.4) is 0 Å². The Bertz CT molecular complexity index is 165. The minimum Gasteiger partial charge on any atom is -0.377 e. The predicted octanol–water partition coefficient (Wildman–Crippen LogP) is 2.83. The summed E-state index contributed by atoms with van der Waals surface area (Å²) < 4.78 is 5.76. The number of hydrogen-bond donors (Lipinski definition) is 1. The van der Waals surface area contributed by atoms with Gasteiger partial charge < -0.3 is 9.64 Å². The maximum atomic E-state index is 5.76. The van der Waals surface area contributed by atoms with Crippen molar-refractivity contribution < 1.29 is 4.74 Å². The molecule has 2 nitrogen and oxygen atoms in total. The Labute approximate surface area is 106 Å². The molecule has 0 amide bonds. The highest BCUT2D eigenvalue weighted by Gasteiger charge is 2.17. The van der Waals surface area contributed by atoms with E-state index in [1.807, 2.05) is 0 Å². The average Bonchev–Trinajstić information content (AvgIpc) is 2.29. The Kier molecular flexibility index (Phi) is 7.50. The van der Waals surface area contributed by atoms with E-state index in [1.54, 1.807) is 0 Å². The van der Waals surface area contributed by atoms with E-state index in [4.69, 9.17) is 4.74 Å². The lowest BCUT2D eigenvalue weighted by Crippen LogP contribution is -2.36. The minimum absolute atomic E-state index is 0.473. The van der Waals surface area contributed by atoms with E-state index < -0.39 is 0 Å². The first kappa shape index (κ1) is 14.3. The summed E-state index contributed by atoms with van der Waals surface area (Å²) >= 11 is 4.43. The smallest absolute Gasteiger partial charge is 0.0701 e. The van der Waals surface area contributed by atoms with Gasteiger partial charge in [-0.1, -0.05) is 13.3 Å². The number of nitrogens with zero attached hydrogens (tertiary/aromatic N) is 1. The van der Waals surface area contributed by atoms with Gasteiger partial charge in [-0.15, -0.1) is 0 Å². The molecule has 1 aliphatic heterocycles. The predicted molar refractivity (Wildman–Crippen MR) is 73.3 cm³/mol. The summed E-state index contributed by atoms with van der Waals surface area (Å²) in [6.45, 7) is 5.47. The fourth-order valence-electron chi connectivity index (χ4n) is 2.46. The number of thiol groups is 1. The lowest BCUT2D eigenvalue weighted by molar-refractivity contribution is -0.00319. The van der Waals surface area contributed by atoms with Crippen molar-refractivity contribution in [1.29, 1.82) is 0 Å². The van der Waals surface area contributed by atoms with Gasteiger partial charge in [0, 0.05) is 19.7 Å². The Morgan fingerprint density at radius 3 is 2.81 bits per heavy atom. The summed E-state index contributed by atoms with van der Waals surface area (Å²) in [5, 5.41) is 0. The number of hydrogen-bond acceptors (Lipinski definition) is 3. The molecule has 2 atom stereocenters. The van der Waals surface area contributed by atoms with Crippen LogP contribution in [0.15, 0.2) is 0 Å². The SMILES string of the molecule is CCCC(CS)CN(C)CC1CCCCO1. The van der Waals surface area contributed by atoms with Crippen LogP contribution in [-0.4, -0.2) is 43.5 Å². The third-order valence-corrected chi connectivity index (χ3v) is 3.83. The van der Waals surface area contributed by atoms with Crippen molar-refractivity contribution in [3.63, 3.8) is 0 Å². The normalized spacial score (nSPS) is 23.6. The molecule has 1 aliphatic rings. The van der Waals surface area contributed by atoms with E-state index >= 15 is 0 Å². The highest BCUT2D eigenvalue weighted by Crippen LogP contribution is 2.15. The Morgan fingerprint density at radius 1 is 1.44 bits per heavy atom. The van der Waals surface area contributed by atoms with Crippen LogP contribution >= 0.6 is 12.6 Å². The fraction of sp³-hybridized carbons (Fsp3) is 1.00. The largest absolute Gasteiger partial charge is 0.377 e. The number of ether oxygens (including phenoxy) is 1. The first-order valence-corrected chi connectivity index (χ1v) is 7.30. The van der Waals surface area contributed by atoms with Crippen molar-refractivity contribution in [2.24, 2.45) is 5.92 Å². The molecule has 0 spiro atoms. The molecule has 3 heteroatoms. The minimum atomic E-state index is 0.473. The average molecular weight is 245 g/mol. The molecule has 0 saturated carbocycles. The van der Waals surface area contributed by atoms with E-state index in [2.05, 4.69) is 31.5 Å². The van der Waals surface area contributed by atoms with E-state index in [-0.39, 0.29) is 0 Å². The lowest BCUT2D eigenvalue weighted by Gasteiger charge is -2.29. The molecular formula is C13H27NOS. The van der Waals surface area contributed by atoms with Gasteiger partial charge in [-0.25, -0.2) is 0 Å². The fourth-order valence-corrected chi connectivity index (χ4v) is 2.76. The van der Waals surface area contributed by atoms with Gasteiger partial charge in [-0.2, -0.15) is 12.6 Å². The van der Waals surface area contributed by atoms with Gasteiger partial charge in [0.2, 0.25) is 0 Å². The summed E-state index contributed by atoms with van der Waals surface area (Å²) in [5.74, 6) is 1.74. The second kappa shape index (κ2) is 8.37. The van der Waals surface area contributed by atoms with Crippen LogP contribution in [0, 0.1) is 5.92 Å². The first-order chi connectivity index (χ1) is 7.76. The highest BCUT2D eigenvalue weighted by molar-refractivity contribution is 7.80. The molecule has 16 heavy (non-hydrogen) atoms. The van der Waals surface area contributed by atoms with Crippen molar-refractivity contribution in [1.82, 2.24) is 4.90 Å². The maximum Gasteiger partial charge on any atom is 0.0701 e. The summed E-state index contributed by atoms with van der Waals surface area (Å²) in [6.07, 6.45) is 6.85. The van der Waals surface area contributed by atoms with Crippen molar-refractivity contribution in [2.45, 2.75) is 45.1 Å². The van der Waals surface area contributed by atoms with Crippen molar-refractivity contribution in [3.05, 3.63) is 0 Å². The van der Waals surface area contributed by atoms with E-state index in [1.165, 1.54) is 32.1 Å². The molecule has 1 heterocycles. The van der Waals surface area contributed by atoms with Crippen molar-refractivity contribution in [3.8, 4) is 0 Å². The highest BCUT2D eigenvalue weighted by atomic mass is 32.1. The van der Waals surface area contributed by atoms with Crippen LogP contribution in [0.2, 0.25) is 0 Å². The Hall–Kier alpha value is 0.270. The molecule has 1 rings (SSSR count). The molecule has 96 valence electrons. The molecule has 1 fully saturated rings. The molecule has 0 aliphatic carbocycles. The summed E-state index contributed by atoms with van der Waals surface area (Å²) in [4.78, 5) is 2.42. The monoisotopic (exact) mass is 245 g/mol.